The summed E-state index contributed by atoms with van der Waals surface area (Å²) in [7, 11) is 0. The third-order valence-corrected chi connectivity index (χ3v) is 3.62. The van der Waals surface area contributed by atoms with Crippen LogP contribution in [0.3, 0.4) is 0 Å². The maximum absolute atomic E-state index is 11.9. The molecule has 0 saturated carbocycles. The molecule has 1 aromatic heterocycles. The molecule has 0 aliphatic heterocycles. The molecular formula is C12H9Cl2NO2S. The fourth-order valence-corrected chi connectivity index (χ4v) is 2.47. The van der Waals surface area contributed by atoms with E-state index in [4.69, 9.17) is 33.7 Å². The molecule has 0 aliphatic rings. The molecule has 2 N–H and O–H groups in total. The van der Waals surface area contributed by atoms with Crippen molar-refractivity contribution in [1.29, 1.82) is 0 Å². The van der Waals surface area contributed by atoms with E-state index in [0.29, 0.717) is 5.02 Å². The van der Waals surface area contributed by atoms with Crippen molar-refractivity contribution in [3.63, 3.8) is 0 Å². The largest absolute Gasteiger partial charge is 0.456 e. The third kappa shape index (κ3) is 2.96. The number of esters is 1. The number of carbonyl (C=O) groups excluding carboxylic acids is 1. The second kappa shape index (κ2) is 5.61. The smallest absolute Gasteiger partial charge is 0.340 e. The molecule has 0 unspecified atom stereocenters. The quantitative estimate of drug-likeness (QED) is 0.689. The van der Waals surface area contributed by atoms with Crippen molar-refractivity contribution in [3.8, 4) is 0 Å². The van der Waals surface area contributed by atoms with E-state index in [1.54, 1.807) is 0 Å². The molecule has 0 amide bonds. The van der Waals surface area contributed by atoms with Crippen LogP contribution in [0.1, 0.15) is 15.2 Å². The van der Waals surface area contributed by atoms with Crippen molar-refractivity contribution in [2.24, 2.45) is 0 Å². The van der Waals surface area contributed by atoms with Gasteiger partial charge in [-0.15, -0.1) is 11.3 Å². The Labute approximate surface area is 118 Å². The first-order valence-electron chi connectivity index (χ1n) is 5.02. The lowest BCUT2D eigenvalue weighted by Gasteiger charge is -2.08. The lowest BCUT2D eigenvalue weighted by atomic mass is 10.2. The topological polar surface area (TPSA) is 52.3 Å². The number of thiophene rings is 1. The van der Waals surface area contributed by atoms with E-state index in [-0.39, 0.29) is 22.9 Å². The molecule has 1 heterocycles. The number of hydrogen-bond acceptors (Lipinski definition) is 4. The van der Waals surface area contributed by atoms with Gasteiger partial charge in [0.2, 0.25) is 0 Å². The van der Waals surface area contributed by atoms with Crippen molar-refractivity contribution in [3.05, 3.63) is 50.1 Å². The highest BCUT2D eigenvalue weighted by Gasteiger charge is 2.15. The van der Waals surface area contributed by atoms with Crippen LogP contribution in [0.5, 0.6) is 0 Å². The molecule has 0 fully saturated rings. The van der Waals surface area contributed by atoms with Crippen molar-refractivity contribution < 1.29 is 9.53 Å². The van der Waals surface area contributed by atoms with E-state index in [9.17, 15) is 4.79 Å². The Bertz CT molecular complexity index is 570. The van der Waals surface area contributed by atoms with Crippen LogP contribution in [0.15, 0.2) is 29.6 Å². The molecule has 6 heteroatoms. The van der Waals surface area contributed by atoms with Crippen LogP contribution in [-0.2, 0) is 11.3 Å². The first kappa shape index (κ1) is 13.2. The average Bonchev–Trinajstić information content (AvgIpc) is 2.83. The van der Waals surface area contributed by atoms with Crippen LogP contribution >= 0.6 is 34.5 Å². The normalized spacial score (nSPS) is 10.3. The summed E-state index contributed by atoms with van der Waals surface area (Å²) in [4.78, 5) is 12.8. The zero-order valence-electron chi connectivity index (χ0n) is 9.15. The van der Waals surface area contributed by atoms with E-state index in [1.807, 2.05) is 17.5 Å². The summed E-state index contributed by atoms with van der Waals surface area (Å²) in [5.41, 5.74) is 6.07. The third-order valence-electron chi connectivity index (χ3n) is 2.24. The molecule has 2 aromatic rings. The van der Waals surface area contributed by atoms with Crippen molar-refractivity contribution in [2.45, 2.75) is 6.61 Å². The summed E-state index contributed by atoms with van der Waals surface area (Å²) in [6, 6.07) is 6.69. The molecule has 0 spiro atoms. The molecule has 0 bridgehead atoms. The van der Waals surface area contributed by atoms with Gasteiger partial charge in [0.1, 0.15) is 6.61 Å². The Morgan fingerprint density at radius 1 is 1.39 bits per heavy atom. The first-order chi connectivity index (χ1) is 8.58. The van der Waals surface area contributed by atoms with Gasteiger partial charge in [-0.3, -0.25) is 0 Å². The number of anilines is 1. The number of halogens is 2. The van der Waals surface area contributed by atoms with E-state index in [0.717, 1.165) is 4.88 Å². The van der Waals surface area contributed by atoms with Gasteiger partial charge in [0, 0.05) is 9.90 Å². The summed E-state index contributed by atoms with van der Waals surface area (Å²) < 4.78 is 5.14. The fraction of sp³-hybridized carbons (Fsp3) is 0.0833. The van der Waals surface area contributed by atoms with Gasteiger partial charge in [-0.2, -0.15) is 0 Å². The Kier molecular flexibility index (Phi) is 4.11. The average molecular weight is 302 g/mol. The Hall–Kier alpha value is -1.23. The monoisotopic (exact) mass is 301 g/mol. The van der Waals surface area contributed by atoms with E-state index < -0.39 is 5.97 Å². The Balaban J connectivity index is 2.14. The number of nitrogen functional groups attached to an aromatic ring is 1. The number of benzene rings is 1. The molecule has 2 rings (SSSR count). The van der Waals surface area contributed by atoms with Gasteiger partial charge in [0.05, 0.1) is 16.3 Å². The summed E-state index contributed by atoms with van der Waals surface area (Å²) in [6.07, 6.45) is 0. The van der Waals surface area contributed by atoms with E-state index in [2.05, 4.69) is 0 Å². The van der Waals surface area contributed by atoms with Crippen molar-refractivity contribution in [1.82, 2.24) is 0 Å². The van der Waals surface area contributed by atoms with Crippen LogP contribution in [0.2, 0.25) is 10.0 Å². The lowest BCUT2D eigenvalue weighted by molar-refractivity contribution is 0.0478. The zero-order chi connectivity index (χ0) is 13.1. The molecule has 0 saturated heterocycles. The van der Waals surface area contributed by atoms with Crippen LogP contribution in [0.4, 0.5) is 5.69 Å². The van der Waals surface area contributed by atoms with Crippen LogP contribution in [0.25, 0.3) is 0 Å². The summed E-state index contributed by atoms with van der Waals surface area (Å²) >= 11 is 13.2. The van der Waals surface area contributed by atoms with E-state index in [1.165, 1.54) is 23.5 Å². The molecule has 0 aliphatic carbocycles. The molecule has 94 valence electrons. The number of nitrogens with two attached hydrogens (primary N) is 1. The van der Waals surface area contributed by atoms with Crippen molar-refractivity contribution >= 4 is 46.2 Å². The summed E-state index contributed by atoms with van der Waals surface area (Å²) in [5.74, 6) is -0.537. The minimum absolute atomic E-state index is 0.178. The number of rotatable bonds is 3. The molecular weight excluding hydrogens is 293 g/mol. The number of hydrogen-bond donors (Lipinski definition) is 1. The van der Waals surface area contributed by atoms with Crippen LogP contribution < -0.4 is 5.73 Å². The highest BCUT2D eigenvalue weighted by atomic mass is 35.5. The van der Waals surface area contributed by atoms with Crippen LogP contribution in [0, 0.1) is 0 Å². The highest BCUT2D eigenvalue weighted by molar-refractivity contribution is 7.09. The van der Waals surface area contributed by atoms with Gasteiger partial charge < -0.3 is 10.5 Å². The molecule has 18 heavy (non-hydrogen) atoms. The standard InChI is InChI=1S/C12H9Cl2NO2S/c13-7-4-9(11(15)10(14)5-7)12(16)17-6-8-2-1-3-18-8/h1-5H,6,15H2. The minimum Gasteiger partial charge on any atom is -0.456 e. The second-order valence-electron chi connectivity index (χ2n) is 3.50. The summed E-state index contributed by atoms with van der Waals surface area (Å²) in [6.45, 7) is 0.208. The van der Waals surface area contributed by atoms with Gasteiger partial charge in [0.25, 0.3) is 0 Å². The number of carbonyl (C=O) groups is 1. The predicted molar refractivity (Wildman–Crippen MR) is 74.3 cm³/mol. The van der Waals surface area contributed by atoms with Crippen LogP contribution in [-0.4, -0.2) is 5.97 Å². The number of ether oxygens (including phenoxy) is 1. The Morgan fingerprint density at radius 2 is 2.17 bits per heavy atom. The van der Waals surface area contributed by atoms with Gasteiger partial charge in [-0.05, 0) is 23.6 Å². The highest BCUT2D eigenvalue weighted by Crippen LogP contribution is 2.28. The molecule has 1 aromatic carbocycles. The SMILES string of the molecule is Nc1c(Cl)cc(Cl)cc1C(=O)OCc1cccs1. The van der Waals surface area contributed by atoms with Gasteiger partial charge in [0.15, 0.2) is 0 Å². The molecule has 3 nitrogen and oxygen atoms in total. The maximum Gasteiger partial charge on any atom is 0.340 e. The van der Waals surface area contributed by atoms with E-state index >= 15 is 0 Å². The van der Waals surface area contributed by atoms with Crippen molar-refractivity contribution in [2.75, 3.05) is 5.73 Å². The molecule has 0 atom stereocenters. The second-order valence-corrected chi connectivity index (χ2v) is 5.38. The van der Waals surface area contributed by atoms with Gasteiger partial charge in [-0.1, -0.05) is 29.3 Å². The van der Waals surface area contributed by atoms with Gasteiger partial charge >= 0.3 is 5.97 Å². The Morgan fingerprint density at radius 3 is 2.83 bits per heavy atom. The zero-order valence-corrected chi connectivity index (χ0v) is 11.5. The minimum atomic E-state index is -0.537. The lowest BCUT2D eigenvalue weighted by Crippen LogP contribution is -2.08. The maximum atomic E-state index is 11.9. The fourth-order valence-electron chi connectivity index (χ4n) is 1.36. The molecule has 0 radical (unpaired) electrons. The summed E-state index contributed by atoms with van der Waals surface area (Å²) in [5, 5.41) is 2.50. The predicted octanol–water partition coefficient (Wildman–Crippen LogP) is 3.99. The first-order valence-corrected chi connectivity index (χ1v) is 6.65. The van der Waals surface area contributed by atoms with Gasteiger partial charge in [-0.25, -0.2) is 4.79 Å².